The highest BCUT2D eigenvalue weighted by atomic mass is 32.1. The van der Waals surface area contributed by atoms with Gasteiger partial charge in [0.2, 0.25) is 0 Å². The number of carbonyl (C=O) groups excluding carboxylic acids is 1. The van der Waals surface area contributed by atoms with Gasteiger partial charge in [-0.05, 0) is 13.0 Å². The maximum atomic E-state index is 11.7. The van der Waals surface area contributed by atoms with E-state index in [2.05, 4.69) is 0 Å². The van der Waals surface area contributed by atoms with Gasteiger partial charge in [-0.3, -0.25) is 4.79 Å². The molecule has 0 spiro atoms. The molecule has 0 atom stereocenters. The Balaban J connectivity index is 2.70. The minimum atomic E-state index is -0.117. The van der Waals surface area contributed by atoms with E-state index in [-0.39, 0.29) is 5.91 Å². The molecule has 14 heavy (non-hydrogen) atoms. The Labute approximate surface area is 87.7 Å². The van der Waals surface area contributed by atoms with Crippen LogP contribution in [0.15, 0.2) is 23.0 Å². The molecular weight excluding hydrogens is 200 g/mol. The number of nitrogens with zero attached hydrogens (tertiary/aromatic N) is 1. The van der Waals surface area contributed by atoms with E-state index < -0.39 is 0 Å². The number of nitrogens with two attached hydrogens (primary N) is 1. The zero-order chi connectivity index (χ0) is 10.6. The van der Waals surface area contributed by atoms with E-state index >= 15 is 0 Å². The summed E-state index contributed by atoms with van der Waals surface area (Å²) in [6, 6.07) is 1.62. The molecule has 1 aromatic rings. The second-order valence-electron chi connectivity index (χ2n) is 2.80. The first kappa shape index (κ1) is 10.7. The lowest BCUT2D eigenvalue weighted by molar-refractivity contribution is 0.0787. The monoisotopic (exact) mass is 212 g/mol. The van der Waals surface area contributed by atoms with Gasteiger partial charge in [0, 0.05) is 6.54 Å². The van der Waals surface area contributed by atoms with Crippen molar-refractivity contribution in [2.75, 3.05) is 13.1 Å². The Hall–Kier alpha value is -1.36. The first-order chi connectivity index (χ1) is 6.65. The van der Waals surface area contributed by atoms with E-state index in [0.29, 0.717) is 23.6 Å². The van der Waals surface area contributed by atoms with Crippen LogP contribution in [0.3, 0.4) is 0 Å². The Bertz CT molecular complexity index is 322. The van der Waals surface area contributed by atoms with Gasteiger partial charge in [-0.15, -0.1) is 0 Å². The van der Waals surface area contributed by atoms with Crippen LogP contribution in [0, 0.1) is 0 Å². The highest BCUT2D eigenvalue weighted by Crippen LogP contribution is 2.05. The lowest BCUT2D eigenvalue weighted by Gasteiger charge is -2.18. The molecule has 5 heteroatoms. The molecule has 1 heterocycles. The lowest BCUT2D eigenvalue weighted by Crippen LogP contribution is -2.37. The summed E-state index contributed by atoms with van der Waals surface area (Å²) in [6.07, 6.45) is 2.87. The highest BCUT2D eigenvalue weighted by Gasteiger charge is 2.15. The summed E-state index contributed by atoms with van der Waals surface area (Å²) >= 11 is 4.75. The maximum absolute atomic E-state index is 11.7. The molecule has 0 aromatic carbocycles. The van der Waals surface area contributed by atoms with Crippen molar-refractivity contribution in [3.63, 3.8) is 0 Å². The Morgan fingerprint density at radius 1 is 1.71 bits per heavy atom. The van der Waals surface area contributed by atoms with Crippen LogP contribution in [0.2, 0.25) is 0 Å². The summed E-state index contributed by atoms with van der Waals surface area (Å²) < 4.78 is 4.82. The normalized spacial score (nSPS) is 9.79. The van der Waals surface area contributed by atoms with Crippen LogP contribution in [-0.2, 0) is 0 Å². The van der Waals surface area contributed by atoms with Crippen LogP contribution in [0.1, 0.15) is 17.3 Å². The number of furan rings is 1. The van der Waals surface area contributed by atoms with Crippen molar-refractivity contribution in [3.05, 3.63) is 24.2 Å². The molecule has 0 aliphatic rings. The van der Waals surface area contributed by atoms with Gasteiger partial charge in [0.05, 0.1) is 23.4 Å². The Kier molecular flexibility index (Phi) is 3.64. The molecule has 0 aliphatic heterocycles. The average molecular weight is 212 g/mol. The zero-order valence-electron chi connectivity index (χ0n) is 7.90. The SMILES string of the molecule is CCN(CC(N)=S)C(=O)c1ccoc1. The third kappa shape index (κ3) is 2.56. The van der Waals surface area contributed by atoms with Gasteiger partial charge in [0.15, 0.2) is 0 Å². The fraction of sp³-hybridized carbons (Fsp3) is 0.333. The fourth-order valence-corrected chi connectivity index (χ4v) is 1.24. The number of amides is 1. The van der Waals surface area contributed by atoms with Gasteiger partial charge >= 0.3 is 0 Å². The van der Waals surface area contributed by atoms with Gasteiger partial charge in [-0.2, -0.15) is 0 Å². The summed E-state index contributed by atoms with van der Waals surface area (Å²) in [4.78, 5) is 13.6. The lowest BCUT2D eigenvalue weighted by atomic mass is 10.3. The molecule has 0 bridgehead atoms. The maximum Gasteiger partial charge on any atom is 0.257 e. The average Bonchev–Trinajstić information content (AvgIpc) is 2.65. The van der Waals surface area contributed by atoms with Crippen LogP contribution in [-0.4, -0.2) is 28.9 Å². The van der Waals surface area contributed by atoms with Crippen LogP contribution in [0.25, 0.3) is 0 Å². The molecule has 0 unspecified atom stereocenters. The van der Waals surface area contributed by atoms with E-state index in [1.54, 1.807) is 11.0 Å². The van der Waals surface area contributed by atoms with Crippen molar-refractivity contribution in [3.8, 4) is 0 Å². The summed E-state index contributed by atoms with van der Waals surface area (Å²) in [7, 11) is 0. The molecule has 1 rings (SSSR count). The van der Waals surface area contributed by atoms with E-state index in [9.17, 15) is 4.79 Å². The summed E-state index contributed by atoms with van der Waals surface area (Å²) in [5.41, 5.74) is 5.89. The number of thiocarbonyl (C=S) groups is 1. The number of hydrogen-bond acceptors (Lipinski definition) is 3. The minimum absolute atomic E-state index is 0.117. The molecule has 0 saturated carbocycles. The zero-order valence-corrected chi connectivity index (χ0v) is 8.71. The van der Waals surface area contributed by atoms with Crippen molar-refractivity contribution in [2.24, 2.45) is 5.73 Å². The standard InChI is InChI=1S/C9H12N2O2S/c1-2-11(5-8(10)14)9(12)7-3-4-13-6-7/h3-4,6H,2,5H2,1H3,(H2,10,14). The Morgan fingerprint density at radius 2 is 2.43 bits per heavy atom. The van der Waals surface area contributed by atoms with E-state index in [1.165, 1.54) is 12.5 Å². The topological polar surface area (TPSA) is 59.5 Å². The molecule has 4 nitrogen and oxygen atoms in total. The number of rotatable bonds is 4. The molecule has 2 N–H and O–H groups in total. The number of likely N-dealkylation sites (N-methyl/N-ethyl adjacent to an activating group) is 1. The van der Waals surface area contributed by atoms with Crippen LogP contribution >= 0.6 is 12.2 Å². The second-order valence-corrected chi connectivity index (χ2v) is 3.32. The van der Waals surface area contributed by atoms with Crippen molar-refractivity contribution < 1.29 is 9.21 Å². The van der Waals surface area contributed by atoms with Gasteiger partial charge in [0.1, 0.15) is 6.26 Å². The third-order valence-electron chi connectivity index (χ3n) is 1.78. The first-order valence-electron chi connectivity index (χ1n) is 4.25. The van der Waals surface area contributed by atoms with Crippen molar-refractivity contribution >= 4 is 23.1 Å². The molecule has 0 fully saturated rings. The Morgan fingerprint density at radius 3 is 2.86 bits per heavy atom. The second kappa shape index (κ2) is 4.76. The summed E-state index contributed by atoms with van der Waals surface area (Å²) in [5.74, 6) is -0.117. The third-order valence-corrected chi connectivity index (χ3v) is 1.91. The quantitative estimate of drug-likeness (QED) is 0.757. The van der Waals surface area contributed by atoms with Crippen molar-refractivity contribution in [1.82, 2.24) is 4.90 Å². The van der Waals surface area contributed by atoms with Gasteiger partial charge in [0.25, 0.3) is 5.91 Å². The van der Waals surface area contributed by atoms with Crippen molar-refractivity contribution in [1.29, 1.82) is 0 Å². The van der Waals surface area contributed by atoms with Gasteiger partial charge < -0.3 is 15.1 Å². The van der Waals surface area contributed by atoms with Crippen LogP contribution in [0.5, 0.6) is 0 Å². The predicted molar refractivity (Wildman–Crippen MR) is 57.1 cm³/mol. The van der Waals surface area contributed by atoms with Crippen LogP contribution < -0.4 is 5.73 Å². The predicted octanol–water partition coefficient (Wildman–Crippen LogP) is 1.03. The van der Waals surface area contributed by atoms with E-state index in [0.717, 1.165) is 0 Å². The molecule has 0 aliphatic carbocycles. The molecule has 0 saturated heterocycles. The van der Waals surface area contributed by atoms with E-state index in [4.69, 9.17) is 22.4 Å². The first-order valence-corrected chi connectivity index (χ1v) is 4.65. The molecule has 1 amide bonds. The fourth-order valence-electron chi connectivity index (χ4n) is 1.08. The number of hydrogen-bond donors (Lipinski definition) is 1. The smallest absolute Gasteiger partial charge is 0.257 e. The number of carbonyl (C=O) groups is 1. The van der Waals surface area contributed by atoms with E-state index in [1.807, 2.05) is 6.92 Å². The molecule has 1 aromatic heterocycles. The molecular formula is C9H12N2O2S. The molecule has 76 valence electrons. The largest absolute Gasteiger partial charge is 0.472 e. The van der Waals surface area contributed by atoms with Gasteiger partial charge in [-0.1, -0.05) is 12.2 Å². The summed E-state index contributed by atoms with van der Waals surface area (Å²) in [6.45, 7) is 2.74. The van der Waals surface area contributed by atoms with Gasteiger partial charge in [-0.25, -0.2) is 0 Å². The highest BCUT2D eigenvalue weighted by molar-refractivity contribution is 7.80. The van der Waals surface area contributed by atoms with Crippen molar-refractivity contribution in [2.45, 2.75) is 6.92 Å². The van der Waals surface area contributed by atoms with Crippen LogP contribution in [0.4, 0.5) is 0 Å². The summed E-state index contributed by atoms with van der Waals surface area (Å²) in [5, 5.41) is 0. The molecule has 0 radical (unpaired) electrons. The minimum Gasteiger partial charge on any atom is -0.472 e.